The standard InChI is InChI=1S/C19H16ClN9/c1-10(25-18-14(8-21)17(22)26-19(23)27-18)16-13-5-4-11(20)7-15(13)29(28-16)12-3-2-6-24-9-12/h2-7,9-10H,1H3,(H5,22,23,25,26,27)/t10-/m1/s1. The lowest BCUT2D eigenvalue weighted by Gasteiger charge is -2.15. The summed E-state index contributed by atoms with van der Waals surface area (Å²) in [4.78, 5) is 12.1. The fourth-order valence-corrected chi connectivity index (χ4v) is 3.26. The lowest BCUT2D eigenvalue weighted by molar-refractivity contribution is 0.783. The smallest absolute Gasteiger partial charge is 0.224 e. The maximum absolute atomic E-state index is 9.40. The van der Waals surface area contributed by atoms with E-state index in [4.69, 9.17) is 28.2 Å². The maximum Gasteiger partial charge on any atom is 0.224 e. The van der Waals surface area contributed by atoms with Crippen molar-refractivity contribution in [2.24, 2.45) is 0 Å². The number of halogens is 1. The first kappa shape index (κ1) is 18.5. The van der Waals surface area contributed by atoms with Gasteiger partial charge >= 0.3 is 0 Å². The third-order valence-electron chi connectivity index (χ3n) is 4.39. The molecule has 0 radical (unpaired) electrons. The van der Waals surface area contributed by atoms with Crippen molar-refractivity contribution >= 4 is 40.1 Å². The number of pyridine rings is 1. The zero-order chi connectivity index (χ0) is 20.5. The van der Waals surface area contributed by atoms with Crippen molar-refractivity contribution in [3.8, 4) is 11.8 Å². The summed E-state index contributed by atoms with van der Waals surface area (Å²) in [6, 6.07) is 11.0. The fraction of sp³-hybridized carbons (Fsp3) is 0.105. The van der Waals surface area contributed by atoms with Crippen molar-refractivity contribution in [1.82, 2.24) is 24.7 Å². The van der Waals surface area contributed by atoms with Gasteiger partial charge in [-0.1, -0.05) is 11.6 Å². The molecule has 0 unspecified atom stereocenters. The van der Waals surface area contributed by atoms with Gasteiger partial charge in [-0.2, -0.15) is 20.3 Å². The van der Waals surface area contributed by atoms with Gasteiger partial charge in [0.25, 0.3) is 0 Å². The number of benzene rings is 1. The Hall–Kier alpha value is -3.90. The van der Waals surface area contributed by atoms with Gasteiger partial charge in [-0.15, -0.1) is 0 Å². The van der Waals surface area contributed by atoms with Crippen LogP contribution in [0.3, 0.4) is 0 Å². The summed E-state index contributed by atoms with van der Waals surface area (Å²) in [5, 5.41) is 18.8. The maximum atomic E-state index is 9.40. The number of nitrogens with zero attached hydrogens (tertiary/aromatic N) is 6. The predicted molar refractivity (Wildman–Crippen MR) is 111 cm³/mol. The molecule has 3 aromatic heterocycles. The molecule has 0 saturated carbocycles. The molecular formula is C19H16ClN9. The number of nitrogens with two attached hydrogens (primary N) is 2. The largest absolute Gasteiger partial charge is 0.382 e. The molecule has 0 saturated heterocycles. The van der Waals surface area contributed by atoms with Crippen LogP contribution in [-0.2, 0) is 0 Å². The zero-order valence-electron chi connectivity index (χ0n) is 15.3. The SMILES string of the molecule is C[C@@H](Nc1nc(N)nc(N)c1C#N)c1nn(-c2cccnc2)c2cc(Cl)ccc12. The fourth-order valence-electron chi connectivity index (χ4n) is 3.09. The van der Waals surface area contributed by atoms with Crippen LogP contribution in [0, 0.1) is 11.3 Å². The Morgan fingerprint density at radius 1 is 1.24 bits per heavy atom. The van der Waals surface area contributed by atoms with Crippen LogP contribution in [-0.4, -0.2) is 24.7 Å². The highest BCUT2D eigenvalue weighted by molar-refractivity contribution is 6.31. The van der Waals surface area contributed by atoms with Crippen LogP contribution in [0.1, 0.15) is 24.2 Å². The Balaban J connectivity index is 1.82. The minimum Gasteiger partial charge on any atom is -0.382 e. The van der Waals surface area contributed by atoms with Gasteiger partial charge in [0.15, 0.2) is 5.82 Å². The number of hydrogen-bond acceptors (Lipinski definition) is 8. The second-order valence-corrected chi connectivity index (χ2v) is 6.77. The summed E-state index contributed by atoms with van der Waals surface area (Å²) in [6.45, 7) is 1.90. The Morgan fingerprint density at radius 3 is 2.79 bits per heavy atom. The van der Waals surface area contributed by atoms with Crippen molar-refractivity contribution in [2.45, 2.75) is 13.0 Å². The second-order valence-electron chi connectivity index (χ2n) is 6.34. The number of nitrogen functional groups attached to an aromatic ring is 2. The molecule has 4 aromatic rings. The van der Waals surface area contributed by atoms with E-state index in [1.165, 1.54) is 0 Å². The Labute approximate surface area is 171 Å². The molecule has 0 aliphatic heterocycles. The summed E-state index contributed by atoms with van der Waals surface area (Å²) < 4.78 is 1.77. The number of rotatable bonds is 4. The number of aromatic nitrogens is 5. The van der Waals surface area contributed by atoms with Gasteiger partial charge in [0.05, 0.1) is 29.1 Å². The van der Waals surface area contributed by atoms with Gasteiger partial charge in [0.2, 0.25) is 5.95 Å². The van der Waals surface area contributed by atoms with Gasteiger partial charge in [-0.3, -0.25) is 4.98 Å². The Bertz CT molecular complexity index is 1240. The van der Waals surface area contributed by atoms with Crippen LogP contribution in [0.15, 0.2) is 42.7 Å². The van der Waals surface area contributed by atoms with Crippen molar-refractivity contribution in [1.29, 1.82) is 5.26 Å². The van der Waals surface area contributed by atoms with Gasteiger partial charge in [0, 0.05) is 16.6 Å². The van der Waals surface area contributed by atoms with E-state index in [1.807, 2.05) is 37.3 Å². The Morgan fingerprint density at radius 2 is 2.07 bits per heavy atom. The number of nitriles is 1. The molecule has 3 heterocycles. The molecule has 0 aliphatic rings. The van der Waals surface area contributed by atoms with Crippen LogP contribution in [0.4, 0.5) is 17.6 Å². The highest BCUT2D eigenvalue weighted by Gasteiger charge is 2.20. The summed E-state index contributed by atoms with van der Waals surface area (Å²) in [7, 11) is 0. The highest BCUT2D eigenvalue weighted by atomic mass is 35.5. The van der Waals surface area contributed by atoms with E-state index in [-0.39, 0.29) is 29.2 Å². The molecule has 4 rings (SSSR count). The molecule has 0 bridgehead atoms. The third kappa shape index (κ3) is 3.37. The monoisotopic (exact) mass is 405 g/mol. The van der Waals surface area contributed by atoms with Crippen LogP contribution < -0.4 is 16.8 Å². The summed E-state index contributed by atoms with van der Waals surface area (Å²) in [6.07, 6.45) is 3.41. The summed E-state index contributed by atoms with van der Waals surface area (Å²) >= 11 is 6.22. The first-order valence-corrected chi connectivity index (χ1v) is 9.04. The third-order valence-corrected chi connectivity index (χ3v) is 4.63. The second kappa shape index (κ2) is 7.26. The molecule has 5 N–H and O–H groups in total. The molecule has 0 amide bonds. The summed E-state index contributed by atoms with van der Waals surface area (Å²) in [5.74, 6) is 0.254. The number of anilines is 3. The minimum absolute atomic E-state index is 0.0197. The lowest BCUT2D eigenvalue weighted by atomic mass is 10.1. The van der Waals surface area contributed by atoms with E-state index in [0.717, 1.165) is 22.3 Å². The van der Waals surface area contributed by atoms with Crippen molar-refractivity contribution in [2.75, 3.05) is 16.8 Å². The van der Waals surface area contributed by atoms with E-state index >= 15 is 0 Å². The van der Waals surface area contributed by atoms with Crippen molar-refractivity contribution in [3.05, 3.63) is 59.0 Å². The Kier molecular flexibility index (Phi) is 4.62. The molecular weight excluding hydrogens is 390 g/mol. The van der Waals surface area contributed by atoms with Crippen molar-refractivity contribution < 1.29 is 0 Å². The number of fused-ring (bicyclic) bond motifs is 1. The molecule has 0 aliphatic carbocycles. The van der Waals surface area contributed by atoms with Crippen LogP contribution in [0.25, 0.3) is 16.6 Å². The average molecular weight is 406 g/mol. The highest BCUT2D eigenvalue weighted by Crippen LogP contribution is 2.31. The van der Waals surface area contributed by atoms with Gasteiger partial charge in [-0.25, -0.2) is 4.68 Å². The van der Waals surface area contributed by atoms with Crippen LogP contribution >= 0.6 is 11.6 Å². The normalized spacial score (nSPS) is 11.9. The van der Waals surface area contributed by atoms with E-state index in [0.29, 0.717) is 5.02 Å². The van der Waals surface area contributed by atoms with Gasteiger partial charge < -0.3 is 16.8 Å². The zero-order valence-corrected chi connectivity index (χ0v) is 16.1. The minimum atomic E-state index is -0.322. The van der Waals surface area contributed by atoms with Gasteiger partial charge in [0.1, 0.15) is 17.5 Å². The van der Waals surface area contributed by atoms with Gasteiger partial charge in [-0.05, 0) is 37.3 Å². The van der Waals surface area contributed by atoms with Crippen LogP contribution in [0.2, 0.25) is 5.02 Å². The van der Waals surface area contributed by atoms with E-state index in [1.54, 1.807) is 23.1 Å². The summed E-state index contributed by atoms with van der Waals surface area (Å²) in [5.41, 5.74) is 14.0. The first-order chi connectivity index (χ1) is 14.0. The molecule has 1 atom stereocenters. The lowest BCUT2D eigenvalue weighted by Crippen LogP contribution is -2.14. The average Bonchev–Trinajstić information content (AvgIpc) is 3.07. The van der Waals surface area contributed by atoms with E-state index in [2.05, 4.69) is 20.3 Å². The molecule has 0 fully saturated rings. The molecule has 9 nitrogen and oxygen atoms in total. The quantitative estimate of drug-likeness (QED) is 0.469. The van der Waals surface area contributed by atoms with Crippen LogP contribution in [0.5, 0.6) is 0 Å². The molecule has 29 heavy (non-hydrogen) atoms. The molecule has 1 aromatic carbocycles. The predicted octanol–water partition coefficient (Wildman–Crippen LogP) is 3.07. The number of nitrogens with one attached hydrogen (secondary N) is 1. The van der Waals surface area contributed by atoms with E-state index < -0.39 is 0 Å². The van der Waals surface area contributed by atoms with Crippen molar-refractivity contribution in [3.63, 3.8) is 0 Å². The van der Waals surface area contributed by atoms with E-state index in [9.17, 15) is 5.26 Å². The molecule has 0 spiro atoms. The topological polar surface area (TPSA) is 144 Å². The molecule has 144 valence electrons. The first-order valence-electron chi connectivity index (χ1n) is 8.66. The molecule has 10 heteroatoms. The number of hydrogen-bond donors (Lipinski definition) is 3.